The lowest BCUT2D eigenvalue weighted by Crippen LogP contribution is -2.64. The molecule has 0 aromatic heterocycles. The number of carbonyl (C=O) groups is 2. The minimum Gasteiger partial charge on any atom is -0.462 e. The summed E-state index contributed by atoms with van der Waals surface area (Å²) < 4.78 is 49.2. The standard InChI is InChI=1S/C47H76O17P2/c1-3-5-7-8-9-10-11-12-13-14-18-21-24-27-30-34-40(49)60-36-39(37-61-66(58,59)64-47-44(53)42(51)43(52)46(45(47)54)63-65(55,56)57)62-41(50)35-31-28-25-22-19-16-15-17-20-23-26-29-33-38(48)32-6-4-2/h6,9-10,12-13,15-16,18,20-23,25-26,29,32,38-39,42-48,51-54H,3-5,7-8,11,14,17,19,24,27-28,30-31,33-37H2,1-2H3,(H,58,59)(H2,55,56,57)/b10-9-,13-12-,16-15-,21-18-,23-20-,25-22-,29-26+,32-6-/t38?,39-,42?,43?,44?,45?,46-,47+/m1/s1. The monoisotopic (exact) mass is 974 g/mol. The van der Waals surface area contributed by atoms with Crippen LogP contribution in [0.15, 0.2) is 97.2 Å². The highest BCUT2D eigenvalue weighted by Crippen LogP contribution is 2.49. The average molecular weight is 975 g/mol. The number of aliphatic hydroxyl groups excluding tert-OH is 5. The predicted octanol–water partition coefficient (Wildman–Crippen LogP) is 7.36. The van der Waals surface area contributed by atoms with Crippen LogP contribution in [0.1, 0.15) is 123 Å². The van der Waals surface area contributed by atoms with Crippen molar-refractivity contribution in [2.24, 2.45) is 0 Å². The van der Waals surface area contributed by atoms with Gasteiger partial charge in [-0.2, -0.15) is 0 Å². The number of aliphatic hydroxyl groups is 5. The maximum atomic E-state index is 13.0. The molecular weight excluding hydrogens is 898 g/mol. The van der Waals surface area contributed by atoms with Crippen molar-refractivity contribution in [1.82, 2.24) is 0 Å². The van der Waals surface area contributed by atoms with Crippen molar-refractivity contribution in [2.45, 2.75) is 172 Å². The summed E-state index contributed by atoms with van der Waals surface area (Å²) in [6.45, 7) is 2.74. The second-order valence-electron chi connectivity index (χ2n) is 15.6. The first kappa shape index (κ1) is 60.9. The van der Waals surface area contributed by atoms with Gasteiger partial charge in [0.2, 0.25) is 0 Å². The minimum atomic E-state index is -5.38. The number of rotatable bonds is 36. The number of ether oxygens (including phenoxy) is 2. The summed E-state index contributed by atoms with van der Waals surface area (Å²) in [5, 5.41) is 51.0. The zero-order chi connectivity index (χ0) is 49.1. The molecule has 0 aliphatic heterocycles. The van der Waals surface area contributed by atoms with Gasteiger partial charge in [-0.15, -0.1) is 0 Å². The molecule has 0 spiro atoms. The highest BCUT2D eigenvalue weighted by atomic mass is 31.2. The first-order valence-electron chi connectivity index (χ1n) is 22.9. The molecule has 66 heavy (non-hydrogen) atoms. The number of unbranched alkanes of at least 4 members (excludes halogenated alkanes) is 6. The molecular formula is C47H76O17P2. The summed E-state index contributed by atoms with van der Waals surface area (Å²) in [6, 6.07) is 0. The Kier molecular flexibility index (Phi) is 34.0. The largest absolute Gasteiger partial charge is 0.472 e. The molecule has 0 heterocycles. The smallest absolute Gasteiger partial charge is 0.462 e. The topological polar surface area (TPSA) is 276 Å². The lowest BCUT2D eigenvalue weighted by atomic mass is 9.85. The first-order chi connectivity index (χ1) is 31.5. The van der Waals surface area contributed by atoms with E-state index in [1.54, 1.807) is 6.08 Å². The maximum Gasteiger partial charge on any atom is 0.472 e. The van der Waals surface area contributed by atoms with Gasteiger partial charge in [-0.05, 0) is 83.5 Å². The van der Waals surface area contributed by atoms with Gasteiger partial charge in [-0.1, -0.05) is 124 Å². The van der Waals surface area contributed by atoms with E-state index < -0.39 is 89.6 Å². The number of hydrogen-bond donors (Lipinski definition) is 8. The van der Waals surface area contributed by atoms with Crippen LogP contribution < -0.4 is 0 Å². The molecule has 0 aromatic carbocycles. The fraction of sp³-hybridized carbons (Fsp3) is 0.617. The van der Waals surface area contributed by atoms with Crippen molar-refractivity contribution in [3.63, 3.8) is 0 Å². The third-order valence-electron chi connectivity index (χ3n) is 9.72. The van der Waals surface area contributed by atoms with E-state index in [4.69, 9.17) is 28.3 Å². The molecule has 1 saturated carbocycles. The van der Waals surface area contributed by atoms with Crippen LogP contribution in [0.4, 0.5) is 0 Å². The Bertz CT molecular complexity index is 1670. The number of hydrogen-bond acceptors (Lipinski definition) is 14. The SMILES string of the molecule is CC/C=C\C(O)C/C=C/C=C\C/C=C\C/C=C\CCCC(=O)O[C@H](COC(=O)CCCC/C=C\C/C=C\C/C=C\CCCCC)COP(=O)(O)O[C@H]1C(O)C(O)C(O)[C@@H](OP(=O)(O)O)C1O. The van der Waals surface area contributed by atoms with Crippen molar-refractivity contribution in [3.8, 4) is 0 Å². The first-order valence-corrected chi connectivity index (χ1v) is 25.9. The van der Waals surface area contributed by atoms with E-state index >= 15 is 0 Å². The summed E-state index contributed by atoms with van der Waals surface area (Å²) in [4.78, 5) is 54.2. The Morgan fingerprint density at radius 1 is 0.576 bits per heavy atom. The van der Waals surface area contributed by atoms with Gasteiger partial charge in [0.15, 0.2) is 6.10 Å². The van der Waals surface area contributed by atoms with Crippen molar-refractivity contribution in [3.05, 3.63) is 97.2 Å². The van der Waals surface area contributed by atoms with E-state index in [-0.39, 0.29) is 12.8 Å². The van der Waals surface area contributed by atoms with Gasteiger partial charge in [-0.25, -0.2) is 9.13 Å². The molecule has 1 aliphatic rings. The summed E-state index contributed by atoms with van der Waals surface area (Å²) in [5.41, 5.74) is 0. The summed E-state index contributed by atoms with van der Waals surface area (Å²) in [6.07, 6.45) is 28.6. The number of phosphoric ester groups is 2. The van der Waals surface area contributed by atoms with Crippen molar-refractivity contribution in [2.75, 3.05) is 13.2 Å². The second-order valence-corrected chi connectivity index (χ2v) is 18.2. The number of phosphoric acid groups is 2. The van der Waals surface area contributed by atoms with Crippen LogP contribution in [-0.4, -0.2) is 114 Å². The van der Waals surface area contributed by atoms with Crippen LogP contribution in [0.5, 0.6) is 0 Å². The molecule has 0 aromatic rings. The predicted molar refractivity (Wildman–Crippen MR) is 251 cm³/mol. The van der Waals surface area contributed by atoms with Crippen molar-refractivity contribution in [1.29, 1.82) is 0 Å². The van der Waals surface area contributed by atoms with Crippen LogP contribution >= 0.6 is 15.6 Å². The summed E-state index contributed by atoms with van der Waals surface area (Å²) in [5.74, 6) is -1.35. The van der Waals surface area contributed by atoms with Crippen LogP contribution in [0.25, 0.3) is 0 Å². The Labute approximate surface area is 390 Å². The fourth-order valence-electron chi connectivity index (χ4n) is 6.15. The minimum absolute atomic E-state index is 0.0453. The fourth-order valence-corrected chi connectivity index (χ4v) is 7.68. The van der Waals surface area contributed by atoms with Crippen LogP contribution in [-0.2, 0) is 41.8 Å². The Morgan fingerprint density at radius 3 is 1.67 bits per heavy atom. The molecule has 6 unspecified atom stereocenters. The third kappa shape index (κ3) is 31.0. The summed E-state index contributed by atoms with van der Waals surface area (Å²) in [7, 11) is -10.7. The van der Waals surface area contributed by atoms with Gasteiger partial charge in [0.25, 0.3) is 0 Å². The zero-order valence-electron chi connectivity index (χ0n) is 38.4. The number of carbonyl (C=O) groups excluding carboxylic acids is 2. The lowest BCUT2D eigenvalue weighted by molar-refractivity contribution is -0.216. The molecule has 17 nitrogen and oxygen atoms in total. The lowest BCUT2D eigenvalue weighted by Gasteiger charge is -2.43. The highest BCUT2D eigenvalue weighted by Gasteiger charge is 2.54. The quantitative estimate of drug-likeness (QED) is 0.0100. The Hall–Kier alpha value is -3.12. The molecule has 0 bridgehead atoms. The second kappa shape index (κ2) is 36.9. The van der Waals surface area contributed by atoms with Gasteiger partial charge >= 0.3 is 27.6 Å². The molecule has 0 radical (unpaired) electrons. The Morgan fingerprint density at radius 2 is 1.09 bits per heavy atom. The van der Waals surface area contributed by atoms with Gasteiger partial charge in [0, 0.05) is 12.8 Å². The molecule has 1 fully saturated rings. The van der Waals surface area contributed by atoms with E-state index in [0.29, 0.717) is 38.5 Å². The molecule has 8 N–H and O–H groups in total. The van der Waals surface area contributed by atoms with Crippen LogP contribution in [0.2, 0.25) is 0 Å². The van der Waals surface area contributed by atoms with Gasteiger partial charge in [0.05, 0.1) is 12.7 Å². The average Bonchev–Trinajstić information content (AvgIpc) is 3.27. The zero-order valence-corrected chi connectivity index (χ0v) is 40.2. The molecule has 9 atom stereocenters. The summed E-state index contributed by atoms with van der Waals surface area (Å²) >= 11 is 0. The van der Waals surface area contributed by atoms with E-state index in [1.807, 2.05) is 67.7 Å². The third-order valence-corrected chi connectivity index (χ3v) is 11.2. The van der Waals surface area contributed by atoms with E-state index in [1.165, 1.54) is 19.3 Å². The number of allylic oxidation sites excluding steroid dienone is 14. The van der Waals surface area contributed by atoms with Crippen molar-refractivity contribution >= 4 is 27.6 Å². The Balaban J connectivity index is 2.70. The van der Waals surface area contributed by atoms with E-state index in [2.05, 4.69) is 41.8 Å². The maximum absolute atomic E-state index is 13.0. The van der Waals surface area contributed by atoms with E-state index in [0.717, 1.165) is 38.5 Å². The number of esters is 2. The van der Waals surface area contributed by atoms with Crippen LogP contribution in [0, 0.1) is 0 Å². The van der Waals surface area contributed by atoms with Gasteiger partial charge in [-0.3, -0.25) is 23.2 Å². The van der Waals surface area contributed by atoms with Gasteiger partial charge < -0.3 is 49.7 Å². The molecule has 1 rings (SSSR count). The van der Waals surface area contributed by atoms with Gasteiger partial charge in [0.1, 0.15) is 43.2 Å². The van der Waals surface area contributed by atoms with Crippen molar-refractivity contribution < 1.29 is 82.0 Å². The molecule has 376 valence electrons. The normalized spacial score (nSPS) is 22.9. The van der Waals surface area contributed by atoms with E-state index in [9.17, 15) is 49.1 Å². The molecule has 19 heteroatoms. The molecule has 0 amide bonds. The highest BCUT2D eigenvalue weighted by molar-refractivity contribution is 7.47. The molecule has 0 saturated heterocycles. The molecule has 1 aliphatic carbocycles. The van der Waals surface area contributed by atoms with Crippen LogP contribution in [0.3, 0.4) is 0 Å².